The number of nitrogens with zero attached hydrogens (tertiary/aromatic N) is 2. The molecule has 0 radical (unpaired) electrons. The van der Waals surface area contributed by atoms with Gasteiger partial charge < -0.3 is 15.3 Å². The van der Waals surface area contributed by atoms with Gasteiger partial charge in [0.2, 0.25) is 6.41 Å². The van der Waals surface area contributed by atoms with Gasteiger partial charge in [0.15, 0.2) is 22.2 Å². The zero-order chi connectivity index (χ0) is 19.8. The van der Waals surface area contributed by atoms with Crippen molar-refractivity contribution in [3.8, 4) is 0 Å². The number of alkyl halides is 3. The van der Waals surface area contributed by atoms with Crippen molar-refractivity contribution in [1.82, 2.24) is 10.2 Å². The number of carboxylic acid groups (broad SMARTS) is 1. The average molecular weight is 452 g/mol. The third kappa shape index (κ3) is 4.51. The Morgan fingerprint density at radius 3 is 2.85 bits per heavy atom. The fraction of sp³-hybridized carbons (Fsp3) is 0.375. The van der Waals surface area contributed by atoms with E-state index in [0.29, 0.717) is 24.4 Å². The minimum Gasteiger partial charge on any atom is -0.478 e. The number of carbonyl (C=O) groups excluding carboxylic acids is 2. The van der Waals surface area contributed by atoms with Crippen LogP contribution in [-0.4, -0.2) is 49.3 Å². The quantitative estimate of drug-likeness (QED) is 0.296. The van der Waals surface area contributed by atoms with Crippen LogP contribution < -0.4 is 9.88 Å². The van der Waals surface area contributed by atoms with Gasteiger partial charge in [-0.1, -0.05) is 34.8 Å². The summed E-state index contributed by atoms with van der Waals surface area (Å²) < 4.78 is 0.229. The summed E-state index contributed by atoms with van der Waals surface area (Å²) >= 11 is 19.2. The first-order valence-electron chi connectivity index (χ1n) is 7.85. The fourth-order valence-electron chi connectivity index (χ4n) is 2.98. The van der Waals surface area contributed by atoms with E-state index in [1.165, 1.54) is 12.1 Å². The molecule has 0 saturated carbocycles. The summed E-state index contributed by atoms with van der Waals surface area (Å²) in [6, 6.07) is 2.46. The van der Waals surface area contributed by atoms with E-state index >= 15 is 0 Å². The second-order valence-electron chi connectivity index (χ2n) is 6.13. The molecule has 11 heteroatoms. The maximum atomic E-state index is 12.1. The van der Waals surface area contributed by atoms with Gasteiger partial charge in [0.05, 0.1) is 12.0 Å². The molecule has 0 bridgehead atoms. The van der Waals surface area contributed by atoms with Crippen LogP contribution in [0.2, 0.25) is 0 Å². The van der Waals surface area contributed by atoms with Crippen LogP contribution in [0.5, 0.6) is 0 Å². The Morgan fingerprint density at radius 2 is 2.22 bits per heavy atom. The molecule has 2 aliphatic heterocycles. The van der Waals surface area contributed by atoms with Gasteiger partial charge in [0.1, 0.15) is 11.4 Å². The van der Waals surface area contributed by atoms with Gasteiger partial charge in [0.25, 0.3) is 5.91 Å². The number of aromatic nitrogens is 1. The molecule has 1 saturated heterocycles. The topological polar surface area (TPSA) is 90.6 Å². The molecular formula is C16H15Cl3N3O4S+. The molecule has 0 unspecified atom stereocenters. The number of thioether (sulfide) groups is 1. The van der Waals surface area contributed by atoms with E-state index in [0.717, 1.165) is 5.57 Å². The van der Waals surface area contributed by atoms with Crippen LogP contribution in [-0.2, 0) is 22.6 Å². The molecule has 2 amide bonds. The smallest absolute Gasteiger partial charge is 0.336 e. The molecule has 3 rings (SSSR count). The lowest BCUT2D eigenvalue weighted by molar-refractivity contribution is -0.696. The van der Waals surface area contributed by atoms with Crippen LogP contribution >= 0.6 is 46.6 Å². The van der Waals surface area contributed by atoms with Crippen LogP contribution in [0.4, 0.5) is 0 Å². The first kappa shape index (κ1) is 20.3. The summed E-state index contributed by atoms with van der Waals surface area (Å²) in [7, 11) is 0. The molecule has 0 spiro atoms. The van der Waals surface area contributed by atoms with Gasteiger partial charge in [-0.2, -0.15) is 4.57 Å². The highest BCUT2D eigenvalue weighted by Gasteiger charge is 2.48. The predicted molar refractivity (Wildman–Crippen MR) is 102 cm³/mol. The molecule has 0 aromatic carbocycles. The van der Waals surface area contributed by atoms with Crippen LogP contribution in [0.25, 0.3) is 0 Å². The number of hydrogen-bond donors (Lipinski definition) is 2. The third-order valence-electron chi connectivity index (χ3n) is 4.22. The molecule has 1 aromatic rings. The number of halogens is 3. The maximum absolute atomic E-state index is 12.1. The number of nitrogens with one attached hydrogen (secondary N) is 1. The number of fused-ring (bicyclic) bond motifs is 1. The Kier molecular flexibility index (Phi) is 5.90. The van der Waals surface area contributed by atoms with Crippen molar-refractivity contribution in [1.29, 1.82) is 0 Å². The highest BCUT2D eigenvalue weighted by atomic mass is 35.6. The highest BCUT2D eigenvalue weighted by Crippen LogP contribution is 2.36. The molecule has 3 heterocycles. The number of hydrogen-bond acceptors (Lipinski definition) is 4. The standard InChI is InChI=1S/C16H14Cl3N3O4S/c17-16(18,19)4-11-3-10(15(25)26)1-2-21(11)5-9-6-22-13(24)12(20-8-23)14(22)27-7-9/h1-3,6,8,12,14H,4-5,7H2,(H-,20,23,25,26)/p+1/t12-,14+/m1/s1. The SMILES string of the molecule is O=CN[C@@H]1C(=O)N2C=C(C[n+]3ccc(C(=O)O)cc3CC(Cl)(Cl)Cl)CS[C@@H]12. The van der Waals surface area contributed by atoms with Crippen molar-refractivity contribution < 1.29 is 24.1 Å². The molecule has 2 atom stereocenters. The Bertz CT molecular complexity index is 828. The van der Waals surface area contributed by atoms with E-state index in [2.05, 4.69) is 5.32 Å². The van der Waals surface area contributed by atoms with Crippen molar-refractivity contribution in [3.05, 3.63) is 41.4 Å². The van der Waals surface area contributed by atoms with Gasteiger partial charge in [-0.25, -0.2) is 4.79 Å². The van der Waals surface area contributed by atoms with Crippen molar-refractivity contribution in [2.75, 3.05) is 5.75 Å². The molecule has 144 valence electrons. The van der Waals surface area contributed by atoms with Crippen LogP contribution in [0.15, 0.2) is 30.1 Å². The molecule has 27 heavy (non-hydrogen) atoms. The van der Waals surface area contributed by atoms with E-state index < -0.39 is 15.8 Å². The van der Waals surface area contributed by atoms with Crippen LogP contribution in [0, 0.1) is 0 Å². The predicted octanol–water partition coefficient (Wildman–Crippen LogP) is 1.50. The van der Waals surface area contributed by atoms with Crippen molar-refractivity contribution >= 4 is 64.9 Å². The Balaban J connectivity index is 1.81. The van der Waals surface area contributed by atoms with Crippen molar-refractivity contribution in [2.24, 2.45) is 0 Å². The molecule has 0 aliphatic carbocycles. The number of carboxylic acids is 1. The minimum atomic E-state index is -1.57. The van der Waals surface area contributed by atoms with E-state index in [9.17, 15) is 19.5 Å². The minimum absolute atomic E-state index is 0.0375. The summed E-state index contributed by atoms with van der Waals surface area (Å²) in [4.78, 5) is 35.5. The van der Waals surface area contributed by atoms with E-state index in [1.807, 2.05) is 0 Å². The molecule has 1 fully saturated rings. The maximum Gasteiger partial charge on any atom is 0.336 e. The van der Waals surface area contributed by atoms with E-state index in [1.54, 1.807) is 33.6 Å². The van der Waals surface area contributed by atoms with Gasteiger partial charge in [-0.3, -0.25) is 9.59 Å². The van der Waals surface area contributed by atoms with Crippen molar-refractivity contribution in [2.45, 2.75) is 28.2 Å². The Morgan fingerprint density at radius 1 is 1.48 bits per heavy atom. The van der Waals surface area contributed by atoms with E-state index in [4.69, 9.17) is 34.8 Å². The monoisotopic (exact) mass is 450 g/mol. The third-order valence-corrected chi connectivity index (χ3v) is 5.99. The van der Waals surface area contributed by atoms with Gasteiger partial charge in [-0.15, -0.1) is 11.8 Å². The largest absolute Gasteiger partial charge is 0.478 e. The second kappa shape index (κ2) is 7.87. The Hall–Kier alpha value is -1.48. The molecule has 2 N–H and O–H groups in total. The number of β-lactam (4-membered cyclic amide) rings is 1. The summed E-state index contributed by atoms with van der Waals surface area (Å²) in [6.45, 7) is 0.422. The molecule has 1 aromatic heterocycles. The average Bonchev–Trinajstić information content (AvgIpc) is 2.59. The van der Waals surface area contributed by atoms with Gasteiger partial charge in [-0.05, 0) is 0 Å². The highest BCUT2D eigenvalue weighted by molar-refractivity contribution is 8.00. The Labute approximate surface area is 174 Å². The number of carbonyl (C=O) groups is 3. The summed E-state index contributed by atoms with van der Waals surface area (Å²) in [6.07, 6.45) is 3.96. The zero-order valence-electron chi connectivity index (χ0n) is 13.8. The number of aromatic carboxylic acids is 1. The van der Waals surface area contributed by atoms with Gasteiger partial charge in [0, 0.05) is 29.7 Å². The van der Waals surface area contributed by atoms with Crippen LogP contribution in [0.1, 0.15) is 16.1 Å². The van der Waals surface area contributed by atoms with Crippen molar-refractivity contribution in [3.63, 3.8) is 0 Å². The number of rotatable bonds is 6. The summed E-state index contributed by atoms with van der Waals surface area (Å²) in [5.74, 6) is -0.570. The first-order valence-corrected chi connectivity index (χ1v) is 10.0. The van der Waals surface area contributed by atoms with E-state index in [-0.39, 0.29) is 23.3 Å². The second-order valence-corrected chi connectivity index (χ2v) is 9.75. The first-order chi connectivity index (χ1) is 12.7. The van der Waals surface area contributed by atoms with Crippen LogP contribution in [0.3, 0.4) is 0 Å². The molecule has 7 nitrogen and oxygen atoms in total. The summed E-state index contributed by atoms with van der Waals surface area (Å²) in [5.41, 5.74) is 1.61. The summed E-state index contributed by atoms with van der Waals surface area (Å²) in [5, 5.41) is 11.6. The molecular weight excluding hydrogens is 437 g/mol. The number of amides is 2. The lowest BCUT2D eigenvalue weighted by Gasteiger charge is -2.46. The normalized spacial score (nSPS) is 21.8. The van der Waals surface area contributed by atoms with Gasteiger partial charge >= 0.3 is 5.97 Å². The lowest BCUT2D eigenvalue weighted by atomic mass is 10.1. The lowest BCUT2D eigenvalue weighted by Crippen LogP contribution is -2.67. The molecule has 2 aliphatic rings. The fourth-order valence-corrected chi connectivity index (χ4v) is 4.65. The zero-order valence-corrected chi connectivity index (χ0v) is 16.9. The number of pyridine rings is 1.